The lowest BCUT2D eigenvalue weighted by Gasteiger charge is -2.44. The second-order valence-corrected chi connectivity index (χ2v) is 5.66. The first kappa shape index (κ1) is 13.6. The van der Waals surface area contributed by atoms with E-state index in [1.54, 1.807) is 0 Å². The van der Waals surface area contributed by atoms with E-state index in [2.05, 4.69) is 36.5 Å². The van der Waals surface area contributed by atoms with E-state index in [1.165, 1.54) is 12.0 Å². The van der Waals surface area contributed by atoms with Crippen molar-refractivity contribution in [2.24, 2.45) is 5.92 Å². The standard InChI is InChI=1S/C16H25NO/c1-13(12-17-2)16(18)11-7-6-10-15(16)14-8-4-3-5-9-14/h3-5,8-9,13,15,17-18H,6-7,10-12H2,1-2H3. The zero-order valence-corrected chi connectivity index (χ0v) is 11.5. The van der Waals surface area contributed by atoms with Crippen molar-refractivity contribution in [2.45, 2.75) is 44.1 Å². The van der Waals surface area contributed by atoms with Crippen LogP contribution in [0.5, 0.6) is 0 Å². The predicted octanol–water partition coefficient (Wildman–Crippen LogP) is 2.93. The highest BCUT2D eigenvalue weighted by Crippen LogP contribution is 2.44. The summed E-state index contributed by atoms with van der Waals surface area (Å²) < 4.78 is 0. The molecular formula is C16H25NO. The first-order valence-electron chi connectivity index (χ1n) is 7.10. The lowest BCUT2D eigenvalue weighted by molar-refractivity contribution is -0.0608. The average Bonchev–Trinajstić information content (AvgIpc) is 2.40. The summed E-state index contributed by atoms with van der Waals surface area (Å²) in [5.41, 5.74) is 0.741. The lowest BCUT2D eigenvalue weighted by Crippen LogP contribution is -2.47. The van der Waals surface area contributed by atoms with E-state index >= 15 is 0 Å². The van der Waals surface area contributed by atoms with Crippen LogP contribution >= 0.6 is 0 Å². The summed E-state index contributed by atoms with van der Waals surface area (Å²) in [5, 5.41) is 14.3. The fourth-order valence-corrected chi connectivity index (χ4v) is 3.39. The summed E-state index contributed by atoms with van der Waals surface area (Å²) in [6.07, 6.45) is 4.41. The average molecular weight is 247 g/mol. The summed E-state index contributed by atoms with van der Waals surface area (Å²) in [7, 11) is 1.96. The van der Waals surface area contributed by atoms with Gasteiger partial charge in [-0.25, -0.2) is 0 Å². The van der Waals surface area contributed by atoms with Crippen molar-refractivity contribution in [3.8, 4) is 0 Å². The third-order valence-electron chi connectivity index (χ3n) is 4.49. The van der Waals surface area contributed by atoms with Crippen LogP contribution in [-0.4, -0.2) is 24.3 Å². The van der Waals surface area contributed by atoms with Crippen LogP contribution in [0.25, 0.3) is 0 Å². The Morgan fingerprint density at radius 3 is 2.72 bits per heavy atom. The van der Waals surface area contributed by atoms with Gasteiger partial charge in [0.15, 0.2) is 0 Å². The first-order valence-corrected chi connectivity index (χ1v) is 7.10. The number of aliphatic hydroxyl groups is 1. The van der Waals surface area contributed by atoms with Crippen molar-refractivity contribution < 1.29 is 5.11 Å². The van der Waals surface area contributed by atoms with Gasteiger partial charge in [-0.1, -0.05) is 50.1 Å². The first-order chi connectivity index (χ1) is 8.68. The SMILES string of the molecule is CNCC(C)C1(O)CCCCC1c1ccccc1. The summed E-state index contributed by atoms with van der Waals surface area (Å²) in [6.45, 7) is 3.04. The minimum absolute atomic E-state index is 0.285. The smallest absolute Gasteiger partial charge is 0.0753 e. The van der Waals surface area contributed by atoms with E-state index in [4.69, 9.17) is 0 Å². The van der Waals surface area contributed by atoms with Crippen LogP contribution in [0.15, 0.2) is 30.3 Å². The van der Waals surface area contributed by atoms with E-state index in [0.717, 1.165) is 25.8 Å². The molecule has 0 saturated heterocycles. The van der Waals surface area contributed by atoms with Crippen LogP contribution in [0.1, 0.15) is 44.1 Å². The fourth-order valence-electron chi connectivity index (χ4n) is 3.39. The van der Waals surface area contributed by atoms with Gasteiger partial charge in [-0.15, -0.1) is 0 Å². The van der Waals surface area contributed by atoms with E-state index in [-0.39, 0.29) is 11.8 Å². The molecule has 2 N–H and O–H groups in total. The van der Waals surface area contributed by atoms with Crippen molar-refractivity contribution in [1.29, 1.82) is 0 Å². The van der Waals surface area contributed by atoms with Crippen LogP contribution in [0.3, 0.4) is 0 Å². The minimum Gasteiger partial charge on any atom is -0.389 e. The second kappa shape index (κ2) is 5.85. The van der Waals surface area contributed by atoms with Gasteiger partial charge in [-0.3, -0.25) is 0 Å². The molecule has 2 rings (SSSR count). The molecule has 2 nitrogen and oxygen atoms in total. The minimum atomic E-state index is -0.553. The predicted molar refractivity (Wildman–Crippen MR) is 75.7 cm³/mol. The Hall–Kier alpha value is -0.860. The van der Waals surface area contributed by atoms with Crippen LogP contribution in [0, 0.1) is 5.92 Å². The van der Waals surface area contributed by atoms with Gasteiger partial charge in [0.05, 0.1) is 5.60 Å². The van der Waals surface area contributed by atoms with Gasteiger partial charge in [-0.2, -0.15) is 0 Å². The van der Waals surface area contributed by atoms with Gasteiger partial charge in [0.1, 0.15) is 0 Å². The number of hydrogen-bond acceptors (Lipinski definition) is 2. The van der Waals surface area contributed by atoms with E-state index in [9.17, 15) is 5.11 Å². The molecule has 0 aromatic heterocycles. The zero-order chi connectivity index (χ0) is 13.0. The molecule has 0 radical (unpaired) electrons. The third kappa shape index (κ3) is 2.60. The molecule has 100 valence electrons. The summed E-state index contributed by atoms with van der Waals surface area (Å²) in [4.78, 5) is 0. The van der Waals surface area contributed by atoms with Crippen molar-refractivity contribution in [3.05, 3.63) is 35.9 Å². The maximum Gasteiger partial charge on any atom is 0.0753 e. The second-order valence-electron chi connectivity index (χ2n) is 5.66. The molecule has 3 unspecified atom stereocenters. The fraction of sp³-hybridized carbons (Fsp3) is 0.625. The molecule has 0 heterocycles. The molecule has 0 spiro atoms. The highest BCUT2D eigenvalue weighted by molar-refractivity contribution is 5.24. The van der Waals surface area contributed by atoms with E-state index in [0.29, 0.717) is 0 Å². The van der Waals surface area contributed by atoms with Crippen molar-refractivity contribution in [2.75, 3.05) is 13.6 Å². The maximum atomic E-state index is 11.1. The number of benzene rings is 1. The van der Waals surface area contributed by atoms with Gasteiger partial charge in [0.2, 0.25) is 0 Å². The van der Waals surface area contributed by atoms with Gasteiger partial charge in [0.25, 0.3) is 0 Å². The highest BCUT2D eigenvalue weighted by Gasteiger charge is 2.43. The van der Waals surface area contributed by atoms with Gasteiger partial charge in [0, 0.05) is 12.5 Å². The van der Waals surface area contributed by atoms with Crippen LogP contribution in [0.2, 0.25) is 0 Å². The molecule has 1 saturated carbocycles. The Morgan fingerprint density at radius 1 is 1.33 bits per heavy atom. The number of rotatable bonds is 4. The van der Waals surface area contributed by atoms with Crippen LogP contribution in [-0.2, 0) is 0 Å². The molecule has 0 bridgehead atoms. The van der Waals surface area contributed by atoms with E-state index < -0.39 is 5.60 Å². The largest absolute Gasteiger partial charge is 0.389 e. The molecular weight excluding hydrogens is 222 g/mol. The third-order valence-corrected chi connectivity index (χ3v) is 4.49. The Bertz CT molecular complexity index is 365. The molecule has 1 aliphatic rings. The van der Waals surface area contributed by atoms with Crippen molar-refractivity contribution in [3.63, 3.8) is 0 Å². The van der Waals surface area contributed by atoms with E-state index in [1.807, 2.05) is 13.1 Å². The van der Waals surface area contributed by atoms with Crippen molar-refractivity contribution in [1.82, 2.24) is 5.32 Å². The Kier molecular flexibility index (Phi) is 4.41. The molecule has 18 heavy (non-hydrogen) atoms. The van der Waals surface area contributed by atoms with Crippen LogP contribution in [0.4, 0.5) is 0 Å². The van der Waals surface area contributed by atoms with Crippen molar-refractivity contribution >= 4 is 0 Å². The molecule has 1 fully saturated rings. The lowest BCUT2D eigenvalue weighted by atomic mass is 9.66. The number of nitrogens with one attached hydrogen (secondary N) is 1. The molecule has 3 atom stereocenters. The van der Waals surface area contributed by atoms with Crippen LogP contribution < -0.4 is 5.32 Å². The molecule has 1 aromatic rings. The summed E-state index contributed by atoms with van der Waals surface area (Å²) >= 11 is 0. The molecule has 1 aliphatic carbocycles. The van der Waals surface area contributed by atoms with Gasteiger partial charge >= 0.3 is 0 Å². The molecule has 1 aromatic carbocycles. The monoisotopic (exact) mass is 247 g/mol. The van der Waals surface area contributed by atoms with Gasteiger partial charge in [-0.05, 0) is 31.4 Å². The summed E-state index contributed by atoms with van der Waals surface area (Å²) in [6, 6.07) is 10.5. The molecule has 0 amide bonds. The molecule has 2 heteroatoms. The Morgan fingerprint density at radius 2 is 2.06 bits per heavy atom. The topological polar surface area (TPSA) is 32.3 Å². The highest BCUT2D eigenvalue weighted by atomic mass is 16.3. The Balaban J connectivity index is 2.25. The maximum absolute atomic E-state index is 11.1. The summed E-state index contributed by atoms with van der Waals surface area (Å²) in [5.74, 6) is 0.573. The zero-order valence-electron chi connectivity index (χ0n) is 11.5. The Labute approximate surface area is 110 Å². The number of hydrogen-bond donors (Lipinski definition) is 2. The van der Waals surface area contributed by atoms with Gasteiger partial charge < -0.3 is 10.4 Å². The normalized spacial score (nSPS) is 30.1. The molecule has 0 aliphatic heterocycles. The quantitative estimate of drug-likeness (QED) is 0.857.